The van der Waals surface area contributed by atoms with Crippen molar-refractivity contribution in [3.05, 3.63) is 82.9 Å². The third-order valence-electron chi connectivity index (χ3n) is 6.82. The molecule has 7 nitrogen and oxygen atoms in total. The van der Waals surface area contributed by atoms with Gasteiger partial charge in [0, 0.05) is 29.9 Å². The number of benzene rings is 2. The fraction of sp³-hybridized carbons (Fsp3) is 0.286. The zero-order valence-corrected chi connectivity index (χ0v) is 20.2. The summed E-state index contributed by atoms with van der Waals surface area (Å²) in [5, 5.41) is 4.69. The predicted molar refractivity (Wildman–Crippen MR) is 131 cm³/mol. The number of ketones is 1. The van der Waals surface area contributed by atoms with E-state index in [1.807, 2.05) is 55.5 Å². The molecule has 1 unspecified atom stereocenters. The quantitative estimate of drug-likeness (QED) is 0.409. The van der Waals surface area contributed by atoms with Gasteiger partial charge in [0.2, 0.25) is 5.88 Å². The highest BCUT2D eigenvalue weighted by molar-refractivity contribution is 6.00. The number of allylic oxidation sites excluding steroid dienone is 2. The van der Waals surface area contributed by atoms with E-state index in [1.54, 1.807) is 18.0 Å². The number of hydrogen-bond donors (Lipinski definition) is 0. The van der Waals surface area contributed by atoms with Crippen LogP contribution in [0.25, 0.3) is 17.0 Å². The largest absolute Gasteiger partial charge is 0.497 e. The zero-order chi connectivity index (χ0) is 24.3. The first-order valence-corrected chi connectivity index (χ1v) is 11.7. The minimum Gasteiger partial charge on any atom is -0.497 e. The molecule has 0 spiro atoms. The maximum absolute atomic E-state index is 13.5. The van der Waals surface area contributed by atoms with Gasteiger partial charge in [-0.25, -0.2) is 14.5 Å². The van der Waals surface area contributed by atoms with E-state index < -0.39 is 0 Å². The number of fused-ring (bicyclic) bond motifs is 3. The first-order chi connectivity index (χ1) is 16.8. The van der Waals surface area contributed by atoms with Crippen LogP contribution >= 0.6 is 0 Å². The van der Waals surface area contributed by atoms with Gasteiger partial charge in [0.1, 0.15) is 17.8 Å². The average Bonchev–Trinajstić information content (AvgIpc) is 3.27. The molecule has 0 saturated heterocycles. The summed E-state index contributed by atoms with van der Waals surface area (Å²) < 4.78 is 13.4. The number of nitrogens with zero attached hydrogens (tertiary/aromatic N) is 4. The number of methoxy groups -OCH3 is 1. The number of carbonyl (C=O) groups excluding carboxylic acids is 1. The molecule has 4 aromatic rings. The van der Waals surface area contributed by atoms with Crippen molar-refractivity contribution >= 4 is 11.4 Å². The van der Waals surface area contributed by atoms with Crippen LogP contribution in [0.3, 0.4) is 0 Å². The minimum atomic E-state index is -0.352. The molecule has 2 aromatic carbocycles. The third-order valence-corrected chi connectivity index (χ3v) is 6.82. The van der Waals surface area contributed by atoms with Crippen LogP contribution in [0.1, 0.15) is 49.3 Å². The smallest absolute Gasteiger partial charge is 0.228 e. The fourth-order valence-electron chi connectivity index (χ4n) is 5.10. The van der Waals surface area contributed by atoms with Gasteiger partial charge in [-0.05, 0) is 30.0 Å². The van der Waals surface area contributed by atoms with Crippen LogP contribution in [0.15, 0.2) is 66.2 Å². The van der Waals surface area contributed by atoms with E-state index in [0.717, 1.165) is 22.4 Å². The monoisotopic (exact) mass is 466 g/mol. The number of ether oxygens (including phenoxy) is 2. The predicted octanol–water partition coefficient (Wildman–Crippen LogP) is 5.28. The van der Waals surface area contributed by atoms with Crippen molar-refractivity contribution in [1.82, 2.24) is 19.6 Å². The third kappa shape index (κ3) is 3.58. The van der Waals surface area contributed by atoms with Gasteiger partial charge in [-0.15, -0.1) is 5.10 Å². The lowest BCUT2D eigenvalue weighted by atomic mass is 9.70. The van der Waals surface area contributed by atoms with Crippen LogP contribution in [0, 0.1) is 12.3 Å². The first-order valence-electron chi connectivity index (χ1n) is 11.7. The van der Waals surface area contributed by atoms with E-state index in [1.165, 1.54) is 5.56 Å². The van der Waals surface area contributed by atoms with Crippen molar-refractivity contribution in [2.45, 2.75) is 39.5 Å². The molecule has 2 aliphatic rings. The summed E-state index contributed by atoms with van der Waals surface area (Å²) in [6.07, 6.45) is 2.77. The lowest BCUT2D eigenvalue weighted by Gasteiger charge is -2.37. The molecular formula is C28H26N4O3. The van der Waals surface area contributed by atoms with Gasteiger partial charge in [-0.2, -0.15) is 0 Å². The van der Waals surface area contributed by atoms with Crippen LogP contribution in [0.4, 0.5) is 0 Å². The van der Waals surface area contributed by atoms with Gasteiger partial charge in [0.05, 0.1) is 12.7 Å². The van der Waals surface area contributed by atoms with E-state index in [0.29, 0.717) is 41.5 Å². The highest BCUT2D eigenvalue weighted by Gasteiger charge is 2.44. The van der Waals surface area contributed by atoms with Crippen LogP contribution in [0.5, 0.6) is 11.6 Å². The van der Waals surface area contributed by atoms with Gasteiger partial charge in [-0.1, -0.05) is 55.8 Å². The van der Waals surface area contributed by atoms with E-state index in [4.69, 9.17) is 14.5 Å². The molecule has 35 heavy (non-hydrogen) atoms. The van der Waals surface area contributed by atoms with E-state index in [9.17, 15) is 4.79 Å². The topological polar surface area (TPSA) is 78.6 Å². The molecule has 176 valence electrons. The van der Waals surface area contributed by atoms with E-state index in [-0.39, 0.29) is 17.1 Å². The highest BCUT2D eigenvalue weighted by Crippen LogP contribution is 2.50. The van der Waals surface area contributed by atoms with Crippen molar-refractivity contribution in [2.24, 2.45) is 5.41 Å². The molecule has 3 heterocycles. The standard InChI is InChI=1S/C28H26N4O3/c1-16-5-7-18(8-6-16)25-30-26-24-22(17-9-11-19(34-4)12-10-17)23-20(33)13-28(2,3)14-21(23)35-27(24)29-15-32(26)31-25/h5-12,15,22H,13-14H2,1-4H3. The normalized spacial score (nSPS) is 18.7. The summed E-state index contributed by atoms with van der Waals surface area (Å²) in [6.45, 7) is 6.24. The Kier molecular flexibility index (Phi) is 4.78. The number of aromatic nitrogens is 4. The second-order valence-corrected chi connectivity index (χ2v) is 10.1. The van der Waals surface area contributed by atoms with Gasteiger partial charge in [-0.3, -0.25) is 4.79 Å². The molecular weight excluding hydrogens is 440 g/mol. The summed E-state index contributed by atoms with van der Waals surface area (Å²) in [5.41, 5.74) is 4.97. The van der Waals surface area contributed by atoms with E-state index >= 15 is 0 Å². The van der Waals surface area contributed by atoms with Crippen molar-refractivity contribution in [1.29, 1.82) is 0 Å². The van der Waals surface area contributed by atoms with Crippen LogP contribution in [-0.4, -0.2) is 32.5 Å². The van der Waals surface area contributed by atoms with Gasteiger partial charge < -0.3 is 9.47 Å². The molecule has 2 aromatic heterocycles. The molecule has 1 aliphatic carbocycles. The molecule has 0 bridgehead atoms. The van der Waals surface area contributed by atoms with Crippen LogP contribution in [-0.2, 0) is 4.79 Å². The second-order valence-electron chi connectivity index (χ2n) is 10.1. The Balaban J connectivity index is 1.58. The second kappa shape index (κ2) is 7.77. The number of rotatable bonds is 3. The van der Waals surface area contributed by atoms with Gasteiger partial charge in [0.15, 0.2) is 17.3 Å². The molecule has 1 aliphatic heterocycles. The van der Waals surface area contributed by atoms with Crippen molar-refractivity contribution in [2.75, 3.05) is 7.11 Å². The van der Waals surface area contributed by atoms with Crippen molar-refractivity contribution in [3.63, 3.8) is 0 Å². The summed E-state index contributed by atoms with van der Waals surface area (Å²) >= 11 is 0. The minimum absolute atomic E-state index is 0.1000. The van der Waals surface area contributed by atoms with Crippen LogP contribution in [0.2, 0.25) is 0 Å². The fourth-order valence-corrected chi connectivity index (χ4v) is 5.10. The van der Waals surface area contributed by atoms with Crippen molar-refractivity contribution < 1.29 is 14.3 Å². The van der Waals surface area contributed by atoms with Gasteiger partial charge in [0.25, 0.3) is 0 Å². The summed E-state index contributed by atoms with van der Waals surface area (Å²) in [7, 11) is 1.64. The molecule has 0 amide bonds. The Labute approximate surface area is 203 Å². The molecule has 6 rings (SSSR count). The Hall–Kier alpha value is -4.00. The van der Waals surface area contributed by atoms with Crippen LogP contribution < -0.4 is 9.47 Å². The van der Waals surface area contributed by atoms with E-state index in [2.05, 4.69) is 23.9 Å². The average molecular weight is 467 g/mol. The molecule has 0 saturated carbocycles. The Morgan fingerprint density at radius 1 is 1.06 bits per heavy atom. The zero-order valence-electron chi connectivity index (χ0n) is 20.2. The van der Waals surface area contributed by atoms with Gasteiger partial charge >= 0.3 is 0 Å². The Bertz CT molecular complexity index is 1500. The lowest BCUT2D eigenvalue weighted by Crippen LogP contribution is -2.33. The SMILES string of the molecule is COc1ccc(C2C3=C(CC(C)(C)CC3=O)Oc3ncn4nc(-c5ccc(C)cc5)nc4c32)cc1. The maximum atomic E-state index is 13.5. The molecule has 0 N–H and O–H groups in total. The Morgan fingerprint density at radius 3 is 2.51 bits per heavy atom. The molecule has 1 atom stereocenters. The number of Topliss-reactive ketones (excluding diaryl/α,β-unsaturated/α-hetero) is 1. The molecule has 0 fully saturated rings. The number of hydrogen-bond acceptors (Lipinski definition) is 6. The maximum Gasteiger partial charge on any atom is 0.228 e. The Morgan fingerprint density at radius 2 is 1.80 bits per heavy atom. The number of aryl methyl sites for hydroxylation is 1. The first kappa shape index (κ1) is 21.5. The lowest BCUT2D eigenvalue weighted by molar-refractivity contribution is -0.118. The molecule has 7 heteroatoms. The highest BCUT2D eigenvalue weighted by atomic mass is 16.5. The molecule has 0 radical (unpaired) electrons. The summed E-state index contributed by atoms with van der Waals surface area (Å²) in [4.78, 5) is 23.0. The summed E-state index contributed by atoms with van der Waals surface area (Å²) in [5.74, 6) is 2.29. The number of carbonyl (C=O) groups is 1. The van der Waals surface area contributed by atoms with Crippen molar-refractivity contribution in [3.8, 4) is 23.0 Å². The summed E-state index contributed by atoms with van der Waals surface area (Å²) in [6, 6.07) is 15.9.